The summed E-state index contributed by atoms with van der Waals surface area (Å²) in [5, 5.41) is 1.06. The monoisotopic (exact) mass is 547 g/mol. The number of rotatable bonds is 4. The molecule has 0 spiro atoms. The normalized spacial score (nSPS) is 20.9. The predicted octanol–water partition coefficient (Wildman–Crippen LogP) is 6.25. The first-order valence-electron chi connectivity index (χ1n) is 8.79. The summed E-state index contributed by atoms with van der Waals surface area (Å²) >= 11 is 19.3. The Balaban J connectivity index is 1.59. The Kier molecular flexibility index (Phi) is 6.55. The van der Waals surface area contributed by atoms with Gasteiger partial charge in [0.25, 0.3) is 0 Å². The fourth-order valence-electron chi connectivity index (χ4n) is 3.39. The van der Waals surface area contributed by atoms with Crippen LogP contribution in [0.15, 0.2) is 51.1 Å². The van der Waals surface area contributed by atoms with Gasteiger partial charge in [-0.25, -0.2) is 0 Å². The van der Waals surface area contributed by atoms with Gasteiger partial charge >= 0.3 is 0 Å². The van der Waals surface area contributed by atoms with Gasteiger partial charge in [0.15, 0.2) is 0 Å². The van der Waals surface area contributed by atoms with Gasteiger partial charge in [-0.3, -0.25) is 4.90 Å². The fourth-order valence-corrected chi connectivity index (χ4v) is 5.19. The van der Waals surface area contributed by atoms with E-state index in [0.717, 1.165) is 39.1 Å². The Hall–Kier alpha value is -0.760. The summed E-state index contributed by atoms with van der Waals surface area (Å²) in [5.41, 5.74) is 1.12. The van der Waals surface area contributed by atoms with Crippen molar-refractivity contribution in [1.29, 1.82) is 0 Å². The van der Waals surface area contributed by atoms with Crippen molar-refractivity contribution in [3.8, 4) is 11.5 Å². The number of morpholine rings is 1. The number of halogens is 4. The van der Waals surface area contributed by atoms with Crippen LogP contribution in [0.4, 0.5) is 0 Å². The van der Waals surface area contributed by atoms with Gasteiger partial charge < -0.3 is 14.2 Å². The second-order valence-electron chi connectivity index (χ2n) is 6.45. The van der Waals surface area contributed by atoms with Crippen LogP contribution in [0.1, 0.15) is 11.6 Å². The molecule has 4 nitrogen and oxygen atoms in total. The molecule has 1 atom stereocenters. The molecule has 0 radical (unpaired) electrons. The molecule has 2 aromatic rings. The van der Waals surface area contributed by atoms with Crippen LogP contribution in [0.25, 0.3) is 0 Å². The van der Waals surface area contributed by atoms with Crippen LogP contribution >= 0.6 is 55.1 Å². The second kappa shape index (κ2) is 8.94. The summed E-state index contributed by atoms with van der Waals surface area (Å²) in [5.74, 6) is 2.28. The molecule has 0 N–H and O–H groups in total. The summed E-state index contributed by atoms with van der Waals surface area (Å²) in [7, 11) is 0. The van der Waals surface area contributed by atoms with Gasteiger partial charge in [-0.2, -0.15) is 0 Å². The summed E-state index contributed by atoms with van der Waals surface area (Å²) in [6.45, 7) is 3.46. The molecule has 0 aromatic heterocycles. The third-order valence-corrected chi connectivity index (χ3v) is 6.23. The second-order valence-corrected chi connectivity index (χ2v) is 9.06. The van der Waals surface area contributed by atoms with Crippen LogP contribution < -0.4 is 9.47 Å². The van der Waals surface area contributed by atoms with Crippen molar-refractivity contribution < 1.29 is 14.2 Å². The van der Waals surface area contributed by atoms with Gasteiger partial charge in [-0.05, 0) is 52.3 Å². The molecule has 28 heavy (non-hydrogen) atoms. The minimum absolute atomic E-state index is 0.0250. The van der Waals surface area contributed by atoms with E-state index in [1.165, 1.54) is 0 Å². The van der Waals surface area contributed by atoms with Crippen molar-refractivity contribution in [1.82, 2.24) is 4.90 Å². The number of fused-ring (bicyclic) bond motifs is 1. The molecule has 8 heteroatoms. The molecule has 2 aliphatic rings. The molecular weight excluding hydrogens is 533 g/mol. The Bertz CT molecular complexity index is 917. The topological polar surface area (TPSA) is 30.9 Å². The third kappa shape index (κ3) is 4.37. The lowest BCUT2D eigenvalue weighted by atomic mass is 10.0. The quantitative estimate of drug-likeness (QED) is 0.451. The molecule has 2 aromatic carbocycles. The highest BCUT2D eigenvalue weighted by Crippen LogP contribution is 2.48. The van der Waals surface area contributed by atoms with Crippen LogP contribution in [-0.4, -0.2) is 37.8 Å². The van der Waals surface area contributed by atoms with Gasteiger partial charge in [0.1, 0.15) is 23.9 Å². The molecule has 0 saturated carbocycles. The molecule has 0 aliphatic carbocycles. The van der Waals surface area contributed by atoms with E-state index in [2.05, 4.69) is 42.8 Å². The molecular formula is C20H17Br2Cl2NO3. The molecule has 4 rings (SSSR count). The summed E-state index contributed by atoms with van der Waals surface area (Å²) in [4.78, 5) is 2.37. The molecule has 0 amide bonds. The fraction of sp³-hybridized carbons (Fsp3) is 0.300. The molecule has 1 unspecified atom stereocenters. The van der Waals surface area contributed by atoms with Gasteiger partial charge in [0.2, 0.25) is 0 Å². The molecule has 2 heterocycles. The maximum Gasteiger partial charge on any atom is 0.146 e. The van der Waals surface area contributed by atoms with Crippen molar-refractivity contribution in [2.75, 3.05) is 32.9 Å². The Labute approximate surface area is 190 Å². The lowest BCUT2D eigenvalue weighted by molar-refractivity contribution is 0.0206. The van der Waals surface area contributed by atoms with E-state index in [4.69, 9.17) is 37.4 Å². The van der Waals surface area contributed by atoms with E-state index < -0.39 is 0 Å². The number of hydrogen-bond acceptors (Lipinski definition) is 4. The first-order chi connectivity index (χ1) is 13.5. The van der Waals surface area contributed by atoms with Crippen molar-refractivity contribution in [2.45, 2.75) is 6.04 Å². The van der Waals surface area contributed by atoms with Crippen LogP contribution in [0.2, 0.25) is 10.0 Å². The van der Waals surface area contributed by atoms with Crippen molar-refractivity contribution in [3.05, 3.63) is 66.7 Å². The Morgan fingerprint density at radius 2 is 1.93 bits per heavy atom. The van der Waals surface area contributed by atoms with Gasteiger partial charge in [-0.1, -0.05) is 39.1 Å². The van der Waals surface area contributed by atoms with Crippen LogP contribution in [0.5, 0.6) is 11.5 Å². The average molecular weight is 550 g/mol. The third-order valence-electron chi connectivity index (χ3n) is 4.65. The SMILES string of the molecule is Clc1ccc(OC/C=C2\Oc3c(Br)cc(Br)cc3C2N2CCOCC2)c(Cl)c1. The zero-order chi connectivity index (χ0) is 19.7. The molecule has 1 fully saturated rings. The molecule has 148 valence electrons. The van der Waals surface area contributed by atoms with Gasteiger partial charge in [0.05, 0.1) is 28.8 Å². The first kappa shape index (κ1) is 20.5. The standard InChI is InChI=1S/C20H17Br2Cl2NO3/c21-12-9-14-19(25-4-7-26-8-5-25)18(28-20(14)15(22)10-12)3-6-27-17-2-1-13(23)11-16(17)24/h1-3,9-11,19H,4-8H2/b18-3-. The number of benzene rings is 2. The van der Waals surface area contributed by atoms with Crippen LogP contribution in [0, 0.1) is 0 Å². The Morgan fingerprint density at radius 1 is 1.14 bits per heavy atom. The van der Waals surface area contributed by atoms with E-state index >= 15 is 0 Å². The smallest absolute Gasteiger partial charge is 0.146 e. The lowest BCUT2D eigenvalue weighted by Gasteiger charge is -2.32. The first-order valence-corrected chi connectivity index (χ1v) is 11.1. The lowest BCUT2D eigenvalue weighted by Crippen LogP contribution is -2.39. The molecule has 1 saturated heterocycles. The van der Waals surface area contributed by atoms with Crippen LogP contribution in [-0.2, 0) is 4.74 Å². The number of nitrogens with zero attached hydrogens (tertiary/aromatic N) is 1. The predicted molar refractivity (Wildman–Crippen MR) is 118 cm³/mol. The van der Waals surface area contributed by atoms with E-state index in [0.29, 0.717) is 35.6 Å². The highest BCUT2D eigenvalue weighted by molar-refractivity contribution is 9.11. The molecule has 0 bridgehead atoms. The van der Waals surface area contributed by atoms with Gasteiger partial charge in [0, 0.05) is 28.1 Å². The minimum Gasteiger partial charge on any atom is -0.488 e. The van der Waals surface area contributed by atoms with Crippen molar-refractivity contribution >= 4 is 55.1 Å². The zero-order valence-corrected chi connectivity index (χ0v) is 19.4. The van der Waals surface area contributed by atoms with Crippen LogP contribution in [0.3, 0.4) is 0 Å². The Morgan fingerprint density at radius 3 is 2.68 bits per heavy atom. The maximum atomic E-state index is 6.22. The highest BCUT2D eigenvalue weighted by atomic mass is 79.9. The minimum atomic E-state index is 0.0250. The summed E-state index contributed by atoms with van der Waals surface area (Å²) < 4.78 is 19.5. The summed E-state index contributed by atoms with van der Waals surface area (Å²) in [6.07, 6.45) is 1.96. The van der Waals surface area contributed by atoms with E-state index in [9.17, 15) is 0 Å². The average Bonchev–Trinajstić information content (AvgIpc) is 3.03. The number of ether oxygens (including phenoxy) is 3. The van der Waals surface area contributed by atoms with E-state index in [-0.39, 0.29) is 6.04 Å². The zero-order valence-electron chi connectivity index (χ0n) is 14.8. The summed E-state index contributed by atoms with van der Waals surface area (Å²) in [6, 6.07) is 9.31. The van der Waals surface area contributed by atoms with Crippen molar-refractivity contribution in [2.24, 2.45) is 0 Å². The van der Waals surface area contributed by atoms with E-state index in [1.807, 2.05) is 12.1 Å². The largest absolute Gasteiger partial charge is 0.488 e. The van der Waals surface area contributed by atoms with Gasteiger partial charge in [-0.15, -0.1) is 0 Å². The van der Waals surface area contributed by atoms with Crippen molar-refractivity contribution in [3.63, 3.8) is 0 Å². The maximum absolute atomic E-state index is 6.22. The van der Waals surface area contributed by atoms with E-state index in [1.54, 1.807) is 18.2 Å². The highest BCUT2D eigenvalue weighted by Gasteiger charge is 2.36. The number of hydrogen-bond donors (Lipinski definition) is 0. The molecule has 2 aliphatic heterocycles.